The van der Waals surface area contributed by atoms with Gasteiger partial charge in [-0.1, -0.05) is 13.0 Å². The molecule has 196 valence electrons. The van der Waals surface area contributed by atoms with Crippen LogP contribution in [0.1, 0.15) is 38.9 Å². The molecule has 0 aliphatic rings. The number of nitrogens with one attached hydrogen (secondary N) is 1. The molecule has 0 aliphatic heterocycles. The molecule has 0 fully saturated rings. The molecule has 0 bridgehead atoms. The highest BCUT2D eigenvalue weighted by atomic mass is 19.1. The molecular formula is C29H24FN5O4. The van der Waals surface area contributed by atoms with Crippen molar-refractivity contribution in [1.29, 1.82) is 0 Å². The molecule has 2 aromatic carbocycles. The van der Waals surface area contributed by atoms with Crippen molar-refractivity contribution >= 4 is 23.7 Å². The second kappa shape index (κ2) is 10.7. The number of hydrogen-bond acceptors (Lipinski definition) is 7. The number of amides is 1. The standard InChI is InChI=1S/C29H24FN5O4/c1-4-21-17(2)32-27-12-13-31-35(27)29(21)39-25-11-9-19(15-22(25)30)28(37)34-26-7-5-6-23(33-26)18-8-10-24(38-3)20(14-18)16-36/h5-16H,4H2,1-3H3,(H,33,34,37). The first kappa shape index (κ1) is 25.5. The van der Waals surface area contributed by atoms with Gasteiger partial charge in [0.05, 0.1) is 24.6 Å². The van der Waals surface area contributed by atoms with Crippen LogP contribution in [0.4, 0.5) is 10.2 Å². The monoisotopic (exact) mass is 525 g/mol. The molecule has 3 heterocycles. The van der Waals surface area contributed by atoms with Gasteiger partial charge in [0.15, 0.2) is 23.5 Å². The van der Waals surface area contributed by atoms with Crippen LogP contribution in [-0.2, 0) is 6.42 Å². The van der Waals surface area contributed by atoms with E-state index >= 15 is 4.39 Å². The van der Waals surface area contributed by atoms with Gasteiger partial charge in [-0.15, -0.1) is 0 Å². The van der Waals surface area contributed by atoms with Crippen LogP contribution in [0.25, 0.3) is 16.9 Å². The van der Waals surface area contributed by atoms with E-state index in [1.165, 1.54) is 23.8 Å². The number of nitrogens with zero attached hydrogens (tertiary/aromatic N) is 4. The van der Waals surface area contributed by atoms with Gasteiger partial charge < -0.3 is 14.8 Å². The average molecular weight is 526 g/mol. The molecule has 0 saturated heterocycles. The molecule has 3 aromatic heterocycles. The normalized spacial score (nSPS) is 10.9. The highest BCUT2D eigenvalue weighted by molar-refractivity contribution is 6.04. The maximum atomic E-state index is 15.1. The molecule has 1 amide bonds. The molecular weight excluding hydrogens is 501 g/mol. The first-order chi connectivity index (χ1) is 18.9. The van der Waals surface area contributed by atoms with E-state index in [9.17, 15) is 9.59 Å². The molecule has 1 N–H and O–H groups in total. The molecule has 10 heteroatoms. The zero-order chi connectivity index (χ0) is 27.5. The molecule has 0 aliphatic carbocycles. The van der Waals surface area contributed by atoms with Crippen molar-refractivity contribution in [3.63, 3.8) is 0 Å². The molecule has 39 heavy (non-hydrogen) atoms. The largest absolute Gasteiger partial charge is 0.496 e. The Morgan fingerprint density at radius 3 is 2.64 bits per heavy atom. The Balaban J connectivity index is 1.37. The highest BCUT2D eigenvalue weighted by Gasteiger charge is 2.18. The van der Waals surface area contributed by atoms with Crippen LogP contribution in [0, 0.1) is 12.7 Å². The van der Waals surface area contributed by atoms with E-state index in [0.29, 0.717) is 46.8 Å². The third-order valence-electron chi connectivity index (χ3n) is 6.19. The Hall–Kier alpha value is -5.12. The van der Waals surface area contributed by atoms with Gasteiger partial charge in [0.2, 0.25) is 5.88 Å². The van der Waals surface area contributed by atoms with Crippen LogP contribution in [0.2, 0.25) is 0 Å². The van der Waals surface area contributed by atoms with Crippen LogP contribution >= 0.6 is 0 Å². The Morgan fingerprint density at radius 2 is 1.90 bits per heavy atom. The van der Waals surface area contributed by atoms with Crippen molar-refractivity contribution in [2.45, 2.75) is 20.3 Å². The summed E-state index contributed by atoms with van der Waals surface area (Å²) in [6.07, 6.45) is 2.91. The van der Waals surface area contributed by atoms with E-state index in [0.717, 1.165) is 17.3 Å². The first-order valence-electron chi connectivity index (χ1n) is 12.1. The quantitative estimate of drug-likeness (QED) is 0.260. The zero-order valence-corrected chi connectivity index (χ0v) is 21.4. The molecule has 0 radical (unpaired) electrons. The first-order valence-corrected chi connectivity index (χ1v) is 12.1. The van der Waals surface area contributed by atoms with Crippen molar-refractivity contribution in [2.24, 2.45) is 0 Å². The smallest absolute Gasteiger partial charge is 0.256 e. The predicted octanol–water partition coefficient (Wildman–Crippen LogP) is 5.67. The summed E-state index contributed by atoms with van der Waals surface area (Å²) in [5, 5.41) is 6.93. The zero-order valence-electron chi connectivity index (χ0n) is 21.4. The number of aromatic nitrogens is 4. The number of fused-ring (bicyclic) bond motifs is 1. The number of ether oxygens (including phenoxy) is 2. The Labute approximate surface area is 223 Å². The van der Waals surface area contributed by atoms with Crippen molar-refractivity contribution in [3.8, 4) is 28.6 Å². The van der Waals surface area contributed by atoms with E-state index in [1.54, 1.807) is 48.7 Å². The van der Waals surface area contributed by atoms with E-state index < -0.39 is 11.7 Å². The van der Waals surface area contributed by atoms with Crippen molar-refractivity contribution < 1.29 is 23.5 Å². The summed E-state index contributed by atoms with van der Waals surface area (Å²) >= 11 is 0. The lowest BCUT2D eigenvalue weighted by molar-refractivity contribution is 0.102. The van der Waals surface area contributed by atoms with Gasteiger partial charge in [-0.2, -0.15) is 9.61 Å². The maximum Gasteiger partial charge on any atom is 0.256 e. The predicted molar refractivity (Wildman–Crippen MR) is 143 cm³/mol. The number of benzene rings is 2. The van der Waals surface area contributed by atoms with Crippen LogP contribution in [0.5, 0.6) is 17.4 Å². The summed E-state index contributed by atoms with van der Waals surface area (Å²) in [5.41, 5.74) is 3.83. The van der Waals surface area contributed by atoms with Crippen LogP contribution in [-0.4, -0.2) is 38.9 Å². The van der Waals surface area contributed by atoms with Crippen molar-refractivity contribution in [3.05, 3.63) is 95.1 Å². The lowest BCUT2D eigenvalue weighted by atomic mass is 10.1. The Bertz CT molecular complexity index is 1720. The average Bonchev–Trinajstić information content (AvgIpc) is 3.42. The van der Waals surface area contributed by atoms with E-state index in [1.807, 2.05) is 13.8 Å². The Kier molecular flexibility index (Phi) is 7.00. The number of carbonyl (C=O) groups excluding carboxylic acids is 2. The summed E-state index contributed by atoms with van der Waals surface area (Å²) in [5.74, 6) is -0.209. The third kappa shape index (κ3) is 5.04. The number of methoxy groups -OCH3 is 1. The summed E-state index contributed by atoms with van der Waals surface area (Å²) in [6, 6.07) is 15.9. The molecule has 0 saturated carbocycles. The number of aryl methyl sites for hydroxylation is 1. The van der Waals surface area contributed by atoms with Gasteiger partial charge in [0.25, 0.3) is 5.91 Å². The minimum Gasteiger partial charge on any atom is -0.496 e. The van der Waals surface area contributed by atoms with Gasteiger partial charge >= 0.3 is 0 Å². The fourth-order valence-corrected chi connectivity index (χ4v) is 4.24. The second-order valence-electron chi connectivity index (χ2n) is 8.62. The summed E-state index contributed by atoms with van der Waals surface area (Å²) < 4.78 is 27.8. The topological polar surface area (TPSA) is 108 Å². The maximum absolute atomic E-state index is 15.1. The number of pyridine rings is 1. The molecule has 9 nitrogen and oxygen atoms in total. The van der Waals surface area contributed by atoms with E-state index in [2.05, 4.69) is 20.4 Å². The number of halogens is 1. The fourth-order valence-electron chi connectivity index (χ4n) is 4.24. The molecule has 5 aromatic rings. The SMILES string of the molecule is CCc1c(C)nc2ccnn2c1Oc1ccc(C(=O)Nc2cccc(-c3ccc(OC)c(C=O)c3)n2)cc1F. The number of carbonyl (C=O) groups is 2. The lowest BCUT2D eigenvalue weighted by Gasteiger charge is -2.14. The number of hydrogen-bond donors (Lipinski definition) is 1. The van der Waals surface area contributed by atoms with Gasteiger partial charge in [-0.05, 0) is 61.9 Å². The number of aldehydes is 1. The van der Waals surface area contributed by atoms with Gasteiger partial charge in [-0.25, -0.2) is 14.4 Å². The van der Waals surface area contributed by atoms with E-state index in [-0.39, 0.29) is 17.1 Å². The Morgan fingerprint density at radius 1 is 1.08 bits per heavy atom. The summed E-state index contributed by atoms with van der Waals surface area (Å²) in [4.78, 5) is 33.3. The number of rotatable bonds is 8. The minimum absolute atomic E-state index is 0.0470. The molecule has 0 unspecified atom stereocenters. The highest BCUT2D eigenvalue weighted by Crippen LogP contribution is 2.30. The molecule has 0 atom stereocenters. The van der Waals surface area contributed by atoms with Gasteiger partial charge in [-0.3, -0.25) is 9.59 Å². The van der Waals surface area contributed by atoms with Crippen molar-refractivity contribution in [1.82, 2.24) is 19.6 Å². The van der Waals surface area contributed by atoms with Crippen LogP contribution < -0.4 is 14.8 Å². The number of anilines is 1. The minimum atomic E-state index is -0.708. The fraction of sp³-hybridized carbons (Fsp3) is 0.138. The third-order valence-corrected chi connectivity index (χ3v) is 6.19. The van der Waals surface area contributed by atoms with Crippen LogP contribution in [0.15, 0.2) is 66.9 Å². The molecule has 5 rings (SSSR count). The lowest BCUT2D eigenvalue weighted by Crippen LogP contribution is -2.13. The van der Waals surface area contributed by atoms with Gasteiger partial charge in [0, 0.05) is 28.5 Å². The summed E-state index contributed by atoms with van der Waals surface area (Å²) in [6.45, 7) is 3.82. The second-order valence-corrected chi connectivity index (χ2v) is 8.62. The van der Waals surface area contributed by atoms with Crippen LogP contribution in [0.3, 0.4) is 0 Å². The molecule has 0 spiro atoms. The van der Waals surface area contributed by atoms with Gasteiger partial charge in [0.1, 0.15) is 11.6 Å². The van der Waals surface area contributed by atoms with E-state index in [4.69, 9.17) is 9.47 Å². The summed E-state index contributed by atoms with van der Waals surface area (Å²) in [7, 11) is 1.48. The van der Waals surface area contributed by atoms with Crippen molar-refractivity contribution in [2.75, 3.05) is 12.4 Å².